The fraction of sp³-hybridized carbons (Fsp3) is 0.143. The minimum absolute atomic E-state index is 0.411. The molecule has 3 heteroatoms. The Morgan fingerprint density at radius 3 is 2.80 bits per heavy atom. The van der Waals surface area contributed by atoms with Gasteiger partial charge in [0.1, 0.15) is 6.20 Å². The van der Waals surface area contributed by atoms with Gasteiger partial charge in [-0.25, -0.2) is 0 Å². The van der Waals surface area contributed by atoms with Crippen LogP contribution in [0.15, 0.2) is 18.3 Å². The lowest BCUT2D eigenvalue weighted by Crippen LogP contribution is -1.77. The summed E-state index contributed by atoms with van der Waals surface area (Å²) in [5.74, 6) is 0.861. The number of aromatic nitrogens is 1. The summed E-state index contributed by atoms with van der Waals surface area (Å²) in [6.45, 7) is 6.60. The van der Waals surface area contributed by atoms with Crippen molar-refractivity contribution in [2.45, 2.75) is 5.88 Å². The van der Waals surface area contributed by atoms with Crippen LogP contribution in [-0.4, -0.2) is 4.98 Å². The molecule has 0 N–H and O–H groups in total. The highest BCUT2D eigenvalue weighted by molar-refractivity contribution is 6.17. The van der Waals surface area contributed by atoms with Crippen molar-refractivity contribution in [3.63, 3.8) is 0 Å². The molecule has 0 fully saturated rings. The fourth-order valence-corrected chi connectivity index (χ4v) is 0.720. The van der Waals surface area contributed by atoms with Gasteiger partial charge in [0.2, 0.25) is 0 Å². The molecule has 0 saturated carbocycles. The van der Waals surface area contributed by atoms with E-state index in [1.165, 1.54) is 0 Å². The van der Waals surface area contributed by atoms with Crippen LogP contribution in [0.1, 0.15) is 5.56 Å². The zero-order chi connectivity index (χ0) is 7.40. The van der Waals surface area contributed by atoms with Gasteiger partial charge >= 0.3 is 0 Å². The molecular weight excluding hydrogens is 148 g/mol. The minimum atomic E-state index is 0.411. The van der Waals surface area contributed by atoms with Gasteiger partial charge in [-0.05, 0) is 6.07 Å². The molecule has 0 unspecified atom stereocenters. The Bertz CT molecular complexity index is 247. The van der Waals surface area contributed by atoms with Gasteiger partial charge in [-0.3, -0.25) is 0 Å². The van der Waals surface area contributed by atoms with Gasteiger partial charge in [0.05, 0.1) is 5.88 Å². The summed E-state index contributed by atoms with van der Waals surface area (Å²) in [4.78, 5) is 6.97. The predicted octanol–water partition coefficient (Wildman–Crippen LogP) is 2.37. The predicted molar refractivity (Wildman–Crippen MR) is 40.1 cm³/mol. The summed E-state index contributed by atoms with van der Waals surface area (Å²) >= 11 is 5.50. The highest BCUT2D eigenvalue weighted by Gasteiger charge is 1.93. The van der Waals surface area contributed by atoms with E-state index in [9.17, 15) is 0 Å². The molecule has 0 spiro atoms. The number of alkyl halides is 1. The molecule has 1 heterocycles. The van der Waals surface area contributed by atoms with E-state index in [1.807, 2.05) is 0 Å². The highest BCUT2D eigenvalue weighted by atomic mass is 35.5. The van der Waals surface area contributed by atoms with Crippen molar-refractivity contribution in [1.82, 2.24) is 4.98 Å². The van der Waals surface area contributed by atoms with Crippen molar-refractivity contribution in [1.29, 1.82) is 0 Å². The molecule has 1 rings (SSSR count). The number of nitrogens with zero attached hydrogens (tertiary/aromatic N) is 2. The van der Waals surface area contributed by atoms with Gasteiger partial charge in [0.25, 0.3) is 5.82 Å². The van der Waals surface area contributed by atoms with E-state index < -0.39 is 0 Å². The van der Waals surface area contributed by atoms with Crippen LogP contribution in [0.25, 0.3) is 4.85 Å². The molecule has 10 heavy (non-hydrogen) atoms. The largest absolute Gasteiger partial charge is 0.361 e. The minimum Gasteiger partial charge on any atom is -0.361 e. The maximum absolute atomic E-state index is 6.60. The Kier molecular flexibility index (Phi) is 2.24. The third-order valence-corrected chi connectivity index (χ3v) is 1.39. The molecule has 0 aromatic carbocycles. The van der Waals surface area contributed by atoms with Crippen molar-refractivity contribution < 1.29 is 0 Å². The van der Waals surface area contributed by atoms with Gasteiger partial charge in [-0.2, -0.15) is 0 Å². The summed E-state index contributed by atoms with van der Waals surface area (Å²) in [5.41, 5.74) is 0.939. The third kappa shape index (κ3) is 1.46. The van der Waals surface area contributed by atoms with E-state index in [2.05, 4.69) is 9.83 Å². The summed E-state index contributed by atoms with van der Waals surface area (Å²) in [6.07, 6.45) is 1.61. The standard InChI is InChI=1S/C7H5ClN2/c1-9-7-3-2-6(4-8)5-10-7/h2-3,5H,4H2. The molecule has 0 amide bonds. The second-order valence-corrected chi connectivity index (χ2v) is 2.04. The fourth-order valence-electron chi connectivity index (χ4n) is 0.562. The van der Waals surface area contributed by atoms with Crippen LogP contribution in [0, 0.1) is 6.57 Å². The van der Waals surface area contributed by atoms with Crippen molar-refractivity contribution in [3.8, 4) is 0 Å². The van der Waals surface area contributed by atoms with Crippen molar-refractivity contribution in [2.75, 3.05) is 0 Å². The van der Waals surface area contributed by atoms with Crippen molar-refractivity contribution >= 4 is 17.4 Å². The van der Waals surface area contributed by atoms with E-state index in [1.54, 1.807) is 18.3 Å². The molecule has 50 valence electrons. The Morgan fingerprint density at radius 2 is 2.40 bits per heavy atom. The maximum atomic E-state index is 6.60. The van der Waals surface area contributed by atoms with Crippen LogP contribution in [0.4, 0.5) is 5.82 Å². The Balaban J connectivity index is 2.93. The zero-order valence-corrected chi connectivity index (χ0v) is 5.97. The Labute approximate surface area is 64.3 Å². The van der Waals surface area contributed by atoms with Gasteiger partial charge in [-0.15, -0.1) is 16.6 Å². The van der Waals surface area contributed by atoms with E-state index in [-0.39, 0.29) is 0 Å². The van der Waals surface area contributed by atoms with Crippen molar-refractivity contribution in [3.05, 3.63) is 35.3 Å². The first-order valence-electron chi connectivity index (χ1n) is 2.75. The Morgan fingerprint density at radius 1 is 1.60 bits per heavy atom. The van der Waals surface area contributed by atoms with Crippen LogP contribution in [0.2, 0.25) is 0 Å². The average molecular weight is 153 g/mol. The lowest BCUT2D eigenvalue weighted by molar-refractivity contribution is 1.26. The molecule has 2 nitrogen and oxygen atoms in total. The SMILES string of the molecule is [C-]#[N+]c1ccc(CCl)cn1. The first-order valence-corrected chi connectivity index (χ1v) is 3.28. The molecule has 0 aliphatic heterocycles. The molecule has 0 radical (unpaired) electrons. The Hall–Kier alpha value is -1.07. The van der Waals surface area contributed by atoms with Gasteiger partial charge < -0.3 is 4.85 Å². The number of pyridine rings is 1. The van der Waals surface area contributed by atoms with E-state index >= 15 is 0 Å². The smallest absolute Gasteiger partial charge is 0.269 e. The quantitative estimate of drug-likeness (QED) is 0.446. The van der Waals surface area contributed by atoms with Crippen LogP contribution in [0.5, 0.6) is 0 Å². The van der Waals surface area contributed by atoms with E-state index in [0.717, 1.165) is 5.56 Å². The molecule has 0 bridgehead atoms. The second-order valence-electron chi connectivity index (χ2n) is 1.77. The lowest BCUT2D eigenvalue weighted by Gasteiger charge is -1.89. The summed E-state index contributed by atoms with van der Waals surface area (Å²) < 4.78 is 0. The van der Waals surface area contributed by atoms with E-state index in [4.69, 9.17) is 18.2 Å². The normalized spacial score (nSPS) is 8.80. The summed E-state index contributed by atoms with van der Waals surface area (Å²) in [7, 11) is 0. The zero-order valence-electron chi connectivity index (χ0n) is 5.21. The topological polar surface area (TPSA) is 17.2 Å². The third-order valence-electron chi connectivity index (χ3n) is 1.08. The van der Waals surface area contributed by atoms with Crippen molar-refractivity contribution in [2.24, 2.45) is 0 Å². The molecule has 1 aromatic rings. The number of rotatable bonds is 1. The molecular formula is C7H5ClN2. The monoisotopic (exact) mass is 152 g/mol. The molecule has 0 atom stereocenters. The van der Waals surface area contributed by atoms with Crippen LogP contribution in [-0.2, 0) is 5.88 Å². The van der Waals surface area contributed by atoms with E-state index in [0.29, 0.717) is 11.7 Å². The van der Waals surface area contributed by atoms with Gasteiger partial charge in [0, 0.05) is 5.56 Å². The van der Waals surface area contributed by atoms with Gasteiger partial charge in [0.15, 0.2) is 0 Å². The first-order chi connectivity index (χ1) is 4.86. The molecule has 0 saturated heterocycles. The lowest BCUT2D eigenvalue weighted by atomic mass is 10.3. The molecule has 0 aliphatic rings. The summed E-state index contributed by atoms with van der Waals surface area (Å²) in [6, 6.07) is 3.46. The maximum Gasteiger partial charge on any atom is 0.269 e. The van der Waals surface area contributed by atoms with Crippen LogP contribution < -0.4 is 0 Å². The van der Waals surface area contributed by atoms with Crippen LogP contribution in [0.3, 0.4) is 0 Å². The second kappa shape index (κ2) is 3.19. The average Bonchev–Trinajstić information content (AvgIpc) is 2.05. The number of halogens is 1. The molecule has 0 aliphatic carbocycles. The number of hydrogen-bond donors (Lipinski definition) is 0. The number of hydrogen-bond acceptors (Lipinski definition) is 1. The summed E-state index contributed by atoms with van der Waals surface area (Å²) in [5, 5.41) is 0. The highest BCUT2D eigenvalue weighted by Crippen LogP contribution is 2.08. The van der Waals surface area contributed by atoms with Crippen LogP contribution >= 0.6 is 11.6 Å². The van der Waals surface area contributed by atoms with Gasteiger partial charge in [-0.1, -0.05) is 12.6 Å². The first kappa shape index (κ1) is 7.04. The molecule has 1 aromatic heterocycles.